The Morgan fingerprint density at radius 1 is 1.00 bits per heavy atom. The lowest BCUT2D eigenvalue weighted by Crippen LogP contribution is -2.23. The van der Waals surface area contributed by atoms with Crippen LogP contribution in [0.5, 0.6) is 0 Å². The Morgan fingerprint density at radius 2 is 1.65 bits per heavy atom. The second kappa shape index (κ2) is 7.82. The van der Waals surface area contributed by atoms with Crippen molar-refractivity contribution in [3.05, 3.63) is 58.7 Å². The Kier molecular flexibility index (Phi) is 5.80. The molecule has 0 unspecified atom stereocenters. The third-order valence-electron chi connectivity index (χ3n) is 4.08. The topological polar surface area (TPSA) is 41.1 Å². The molecule has 0 radical (unpaired) electrons. The molecule has 0 bridgehead atoms. The van der Waals surface area contributed by atoms with E-state index in [-0.39, 0.29) is 12.5 Å². The third kappa shape index (κ3) is 4.35. The molecule has 0 spiro atoms. The van der Waals surface area contributed by atoms with Gasteiger partial charge >= 0.3 is 0 Å². The molecule has 3 nitrogen and oxygen atoms in total. The Morgan fingerprint density at radius 3 is 2.22 bits per heavy atom. The molecule has 0 saturated carbocycles. The van der Waals surface area contributed by atoms with Crippen molar-refractivity contribution in [2.45, 2.75) is 40.5 Å². The molecule has 0 aromatic heterocycles. The van der Waals surface area contributed by atoms with E-state index in [1.165, 1.54) is 16.7 Å². The van der Waals surface area contributed by atoms with E-state index in [0.717, 1.165) is 29.8 Å². The van der Waals surface area contributed by atoms with Crippen LogP contribution >= 0.6 is 0 Å². The highest BCUT2D eigenvalue weighted by atomic mass is 16.1. The monoisotopic (exact) mass is 310 g/mol. The predicted octanol–water partition coefficient (Wildman–Crippen LogP) is 4.48. The maximum atomic E-state index is 12.3. The summed E-state index contributed by atoms with van der Waals surface area (Å²) in [5.74, 6) is -0.0134. The lowest BCUT2D eigenvalue weighted by atomic mass is 10.0. The van der Waals surface area contributed by atoms with Crippen molar-refractivity contribution in [3.63, 3.8) is 0 Å². The van der Waals surface area contributed by atoms with E-state index in [1.807, 2.05) is 6.07 Å². The number of nitrogens with one attached hydrogen (secondary N) is 2. The summed E-state index contributed by atoms with van der Waals surface area (Å²) in [5, 5.41) is 6.30. The molecule has 0 saturated heterocycles. The maximum absolute atomic E-state index is 12.3. The van der Waals surface area contributed by atoms with Gasteiger partial charge in [0.25, 0.3) is 0 Å². The van der Waals surface area contributed by atoms with Crippen LogP contribution in [-0.2, 0) is 17.6 Å². The number of carbonyl (C=O) groups is 1. The molecule has 2 aromatic carbocycles. The molecule has 0 heterocycles. The summed E-state index contributed by atoms with van der Waals surface area (Å²) < 4.78 is 0. The molecule has 0 aliphatic heterocycles. The second-order valence-electron chi connectivity index (χ2n) is 5.88. The van der Waals surface area contributed by atoms with Gasteiger partial charge in [0.05, 0.1) is 6.54 Å². The van der Waals surface area contributed by atoms with Crippen molar-refractivity contribution in [2.24, 2.45) is 0 Å². The van der Waals surface area contributed by atoms with Crippen LogP contribution in [0.15, 0.2) is 36.4 Å². The molecule has 1 amide bonds. The molecule has 23 heavy (non-hydrogen) atoms. The fraction of sp³-hybridized carbons (Fsp3) is 0.350. The summed E-state index contributed by atoms with van der Waals surface area (Å²) in [6, 6.07) is 12.4. The van der Waals surface area contributed by atoms with Crippen LogP contribution in [-0.4, -0.2) is 12.5 Å². The van der Waals surface area contributed by atoms with E-state index >= 15 is 0 Å². The van der Waals surface area contributed by atoms with Crippen LogP contribution in [0.3, 0.4) is 0 Å². The van der Waals surface area contributed by atoms with E-state index in [0.29, 0.717) is 0 Å². The van der Waals surface area contributed by atoms with Gasteiger partial charge in [0.1, 0.15) is 0 Å². The summed E-state index contributed by atoms with van der Waals surface area (Å²) >= 11 is 0. The van der Waals surface area contributed by atoms with Gasteiger partial charge in [-0.05, 0) is 49.4 Å². The lowest BCUT2D eigenvalue weighted by Gasteiger charge is -2.15. The second-order valence-corrected chi connectivity index (χ2v) is 5.88. The van der Waals surface area contributed by atoms with Crippen molar-refractivity contribution in [1.29, 1.82) is 0 Å². The molecule has 0 atom stereocenters. The fourth-order valence-corrected chi connectivity index (χ4v) is 2.77. The molecule has 0 aliphatic carbocycles. The Balaban J connectivity index is 2.05. The highest BCUT2D eigenvalue weighted by Crippen LogP contribution is 2.22. The van der Waals surface area contributed by atoms with E-state index in [1.54, 1.807) is 0 Å². The van der Waals surface area contributed by atoms with Gasteiger partial charge in [-0.25, -0.2) is 0 Å². The van der Waals surface area contributed by atoms with Gasteiger partial charge in [-0.2, -0.15) is 0 Å². The smallest absolute Gasteiger partial charge is 0.243 e. The number of carbonyl (C=O) groups excluding carboxylic acids is 1. The first-order chi connectivity index (χ1) is 11.0. The Labute approximate surface area is 139 Å². The predicted molar refractivity (Wildman–Crippen MR) is 98.2 cm³/mol. The summed E-state index contributed by atoms with van der Waals surface area (Å²) in [4.78, 5) is 12.3. The van der Waals surface area contributed by atoms with Crippen molar-refractivity contribution in [2.75, 3.05) is 17.2 Å². The van der Waals surface area contributed by atoms with Crippen molar-refractivity contribution < 1.29 is 4.79 Å². The number of rotatable bonds is 6. The summed E-state index contributed by atoms with van der Waals surface area (Å²) in [6.07, 6.45) is 1.82. The van der Waals surface area contributed by atoms with Crippen molar-refractivity contribution in [1.82, 2.24) is 0 Å². The summed E-state index contributed by atoms with van der Waals surface area (Å²) in [7, 11) is 0. The van der Waals surface area contributed by atoms with Crippen LogP contribution < -0.4 is 10.6 Å². The van der Waals surface area contributed by atoms with Gasteiger partial charge in [-0.3, -0.25) is 4.79 Å². The minimum Gasteiger partial charge on any atom is -0.376 e. The standard InChI is InChI=1S/C20H26N2O/c1-5-16-8-7-9-17(6-2)20(16)22-19(23)13-21-18-11-10-14(3)12-15(18)4/h7-12,21H,5-6,13H2,1-4H3,(H,22,23). The minimum absolute atomic E-state index is 0.0134. The van der Waals surface area contributed by atoms with E-state index in [2.05, 4.69) is 68.7 Å². The zero-order valence-corrected chi connectivity index (χ0v) is 14.5. The quantitative estimate of drug-likeness (QED) is 0.826. The first kappa shape index (κ1) is 17.1. The summed E-state index contributed by atoms with van der Waals surface area (Å²) in [6.45, 7) is 8.61. The van der Waals surface area contributed by atoms with Crippen LogP contribution in [0.25, 0.3) is 0 Å². The highest BCUT2D eigenvalue weighted by Gasteiger charge is 2.10. The highest BCUT2D eigenvalue weighted by molar-refractivity contribution is 5.95. The van der Waals surface area contributed by atoms with Gasteiger partial charge in [0.15, 0.2) is 0 Å². The first-order valence-electron chi connectivity index (χ1n) is 8.26. The molecule has 2 rings (SSSR count). The average Bonchev–Trinajstić information content (AvgIpc) is 2.54. The number of hydrogen-bond acceptors (Lipinski definition) is 2. The van der Waals surface area contributed by atoms with Crippen molar-refractivity contribution >= 4 is 17.3 Å². The molecular weight excluding hydrogens is 284 g/mol. The first-order valence-corrected chi connectivity index (χ1v) is 8.26. The number of para-hydroxylation sites is 1. The average molecular weight is 310 g/mol. The number of benzene rings is 2. The number of hydrogen-bond donors (Lipinski definition) is 2. The van der Waals surface area contributed by atoms with Gasteiger partial charge in [-0.1, -0.05) is 49.7 Å². The van der Waals surface area contributed by atoms with Crippen LogP contribution in [0.2, 0.25) is 0 Å². The van der Waals surface area contributed by atoms with Gasteiger partial charge in [0.2, 0.25) is 5.91 Å². The van der Waals surface area contributed by atoms with Crippen molar-refractivity contribution in [3.8, 4) is 0 Å². The van der Waals surface area contributed by atoms with E-state index in [4.69, 9.17) is 0 Å². The fourth-order valence-electron chi connectivity index (χ4n) is 2.77. The zero-order chi connectivity index (χ0) is 16.8. The number of aryl methyl sites for hydroxylation is 4. The molecule has 3 heteroatoms. The molecule has 2 N–H and O–H groups in total. The number of amides is 1. The normalized spacial score (nSPS) is 10.4. The third-order valence-corrected chi connectivity index (χ3v) is 4.08. The molecule has 0 fully saturated rings. The van der Waals surface area contributed by atoms with Crippen LogP contribution in [0.1, 0.15) is 36.1 Å². The van der Waals surface area contributed by atoms with Gasteiger partial charge in [-0.15, -0.1) is 0 Å². The van der Waals surface area contributed by atoms with Gasteiger partial charge in [0, 0.05) is 11.4 Å². The Bertz CT molecular complexity index is 670. The maximum Gasteiger partial charge on any atom is 0.243 e. The molecular formula is C20H26N2O. The van der Waals surface area contributed by atoms with Crippen LogP contribution in [0, 0.1) is 13.8 Å². The molecule has 2 aromatic rings. The zero-order valence-electron chi connectivity index (χ0n) is 14.5. The largest absolute Gasteiger partial charge is 0.376 e. The van der Waals surface area contributed by atoms with Gasteiger partial charge < -0.3 is 10.6 Å². The van der Waals surface area contributed by atoms with E-state index in [9.17, 15) is 4.79 Å². The van der Waals surface area contributed by atoms with Crippen LogP contribution in [0.4, 0.5) is 11.4 Å². The molecule has 122 valence electrons. The summed E-state index contributed by atoms with van der Waals surface area (Å²) in [5.41, 5.74) is 6.73. The SMILES string of the molecule is CCc1cccc(CC)c1NC(=O)CNc1ccc(C)cc1C. The Hall–Kier alpha value is -2.29. The number of anilines is 2. The molecule has 0 aliphatic rings. The lowest BCUT2D eigenvalue weighted by molar-refractivity contribution is -0.114. The minimum atomic E-state index is -0.0134. The van der Waals surface area contributed by atoms with E-state index < -0.39 is 0 Å².